The first-order chi connectivity index (χ1) is 13.0. The van der Waals surface area contributed by atoms with E-state index in [9.17, 15) is 19.7 Å². The lowest BCUT2D eigenvalue weighted by Gasteiger charge is -2.12. The standard InChI is InChI=1S/C18H19N3O6/c1-3-27-16-9-13(14(21(24)25)10-15(16)26-2)18(23)19-11-17(22)20-12-7-5-4-6-8-12/h4-10H,3,11H2,1-2H3,(H,19,23)(H,20,22). The molecule has 0 fully saturated rings. The van der Waals surface area contributed by atoms with E-state index in [1.807, 2.05) is 0 Å². The molecule has 0 saturated heterocycles. The van der Waals surface area contributed by atoms with Crippen LogP contribution in [0.15, 0.2) is 42.5 Å². The lowest BCUT2D eigenvalue weighted by Crippen LogP contribution is -2.33. The Morgan fingerprint density at radius 3 is 2.44 bits per heavy atom. The van der Waals surface area contributed by atoms with Gasteiger partial charge in [-0.25, -0.2) is 0 Å². The third-order valence-corrected chi connectivity index (χ3v) is 3.49. The van der Waals surface area contributed by atoms with Crippen LogP contribution < -0.4 is 20.1 Å². The molecule has 2 rings (SSSR count). The fraction of sp³-hybridized carbons (Fsp3) is 0.222. The van der Waals surface area contributed by atoms with E-state index < -0.39 is 22.4 Å². The summed E-state index contributed by atoms with van der Waals surface area (Å²) in [4.78, 5) is 34.9. The molecule has 0 bridgehead atoms. The van der Waals surface area contributed by atoms with Crippen molar-refractivity contribution in [2.75, 3.05) is 25.6 Å². The SMILES string of the molecule is CCOc1cc(C(=O)NCC(=O)Nc2ccccc2)c([N+](=O)[O-])cc1OC. The smallest absolute Gasteiger partial charge is 0.286 e. The van der Waals surface area contributed by atoms with E-state index in [4.69, 9.17) is 9.47 Å². The first kappa shape index (κ1) is 19.7. The number of nitro benzene ring substituents is 1. The second-order valence-electron chi connectivity index (χ2n) is 5.31. The molecule has 0 aromatic heterocycles. The summed E-state index contributed by atoms with van der Waals surface area (Å²) >= 11 is 0. The van der Waals surface area contributed by atoms with Gasteiger partial charge in [0, 0.05) is 11.8 Å². The minimum absolute atomic E-state index is 0.141. The fourth-order valence-electron chi connectivity index (χ4n) is 2.29. The van der Waals surface area contributed by atoms with Crippen molar-refractivity contribution in [1.82, 2.24) is 5.32 Å². The van der Waals surface area contributed by atoms with Crippen molar-refractivity contribution in [2.45, 2.75) is 6.92 Å². The summed E-state index contributed by atoms with van der Waals surface area (Å²) in [6.45, 7) is 1.67. The maximum absolute atomic E-state index is 12.4. The number of ether oxygens (including phenoxy) is 2. The molecule has 0 spiro atoms. The normalized spacial score (nSPS) is 10.0. The highest BCUT2D eigenvalue weighted by atomic mass is 16.6. The molecule has 0 aliphatic heterocycles. The number of rotatable bonds is 8. The van der Waals surface area contributed by atoms with Crippen LogP contribution in [0.2, 0.25) is 0 Å². The number of nitrogens with zero attached hydrogens (tertiary/aromatic N) is 1. The maximum atomic E-state index is 12.4. The Labute approximate surface area is 155 Å². The highest BCUT2D eigenvalue weighted by Gasteiger charge is 2.25. The minimum Gasteiger partial charge on any atom is -0.493 e. The largest absolute Gasteiger partial charge is 0.493 e. The van der Waals surface area contributed by atoms with Gasteiger partial charge in [-0.05, 0) is 19.1 Å². The van der Waals surface area contributed by atoms with Crippen molar-refractivity contribution < 1.29 is 24.0 Å². The van der Waals surface area contributed by atoms with Gasteiger partial charge in [-0.1, -0.05) is 18.2 Å². The number of methoxy groups -OCH3 is 1. The first-order valence-corrected chi connectivity index (χ1v) is 8.08. The lowest BCUT2D eigenvalue weighted by molar-refractivity contribution is -0.385. The molecule has 2 amide bonds. The Morgan fingerprint density at radius 1 is 1.15 bits per heavy atom. The molecule has 2 N–H and O–H groups in total. The zero-order valence-electron chi connectivity index (χ0n) is 14.9. The topological polar surface area (TPSA) is 120 Å². The predicted molar refractivity (Wildman–Crippen MR) is 98.2 cm³/mol. The van der Waals surface area contributed by atoms with Gasteiger partial charge in [-0.2, -0.15) is 0 Å². The number of nitrogens with one attached hydrogen (secondary N) is 2. The molecule has 0 unspecified atom stereocenters. The number of carbonyl (C=O) groups excluding carboxylic acids is 2. The Balaban J connectivity index is 2.15. The van der Waals surface area contributed by atoms with Gasteiger partial charge >= 0.3 is 0 Å². The average molecular weight is 373 g/mol. The average Bonchev–Trinajstić information content (AvgIpc) is 2.66. The fourth-order valence-corrected chi connectivity index (χ4v) is 2.29. The van der Waals surface area contributed by atoms with Gasteiger partial charge in [-0.3, -0.25) is 19.7 Å². The van der Waals surface area contributed by atoms with Crippen LogP contribution in [0, 0.1) is 10.1 Å². The molecule has 2 aromatic carbocycles. The molecule has 0 aliphatic carbocycles. The summed E-state index contributed by atoms with van der Waals surface area (Å²) in [5.41, 5.74) is -0.0983. The molecule has 142 valence electrons. The highest BCUT2D eigenvalue weighted by Crippen LogP contribution is 2.34. The van der Waals surface area contributed by atoms with Crippen LogP contribution in [0.3, 0.4) is 0 Å². The predicted octanol–water partition coefficient (Wildman–Crippen LogP) is 2.37. The second kappa shape index (κ2) is 9.18. The van der Waals surface area contributed by atoms with Gasteiger partial charge in [-0.15, -0.1) is 0 Å². The summed E-state index contributed by atoms with van der Waals surface area (Å²) in [6.07, 6.45) is 0. The number of hydrogen-bond acceptors (Lipinski definition) is 6. The molecule has 0 atom stereocenters. The number of benzene rings is 2. The zero-order chi connectivity index (χ0) is 19.8. The highest BCUT2D eigenvalue weighted by molar-refractivity contribution is 6.02. The molecule has 27 heavy (non-hydrogen) atoms. The number of nitro groups is 1. The number of para-hydroxylation sites is 1. The second-order valence-corrected chi connectivity index (χ2v) is 5.31. The van der Waals surface area contributed by atoms with Crippen LogP contribution in [0.25, 0.3) is 0 Å². The minimum atomic E-state index is -0.770. The molecule has 9 heteroatoms. The monoisotopic (exact) mass is 373 g/mol. The van der Waals surface area contributed by atoms with Crippen LogP contribution >= 0.6 is 0 Å². The van der Waals surface area contributed by atoms with Gasteiger partial charge in [0.05, 0.1) is 31.3 Å². The van der Waals surface area contributed by atoms with E-state index in [2.05, 4.69) is 10.6 Å². The zero-order valence-corrected chi connectivity index (χ0v) is 14.9. The van der Waals surface area contributed by atoms with Crippen LogP contribution in [-0.2, 0) is 4.79 Å². The van der Waals surface area contributed by atoms with Crippen molar-refractivity contribution in [1.29, 1.82) is 0 Å². The molecule has 0 aliphatic rings. The third kappa shape index (κ3) is 5.18. The van der Waals surface area contributed by atoms with E-state index in [1.54, 1.807) is 37.3 Å². The summed E-state index contributed by atoms with van der Waals surface area (Å²) < 4.78 is 10.4. The van der Waals surface area contributed by atoms with Gasteiger partial charge in [0.15, 0.2) is 11.5 Å². The molecule has 0 heterocycles. The van der Waals surface area contributed by atoms with Crippen molar-refractivity contribution >= 4 is 23.2 Å². The molecular weight excluding hydrogens is 354 g/mol. The van der Waals surface area contributed by atoms with Gasteiger partial charge in [0.2, 0.25) is 5.91 Å². The van der Waals surface area contributed by atoms with Gasteiger partial charge in [0.1, 0.15) is 5.56 Å². The Hall–Kier alpha value is -3.62. The van der Waals surface area contributed by atoms with Crippen LogP contribution in [-0.4, -0.2) is 37.0 Å². The maximum Gasteiger partial charge on any atom is 0.286 e. The van der Waals surface area contributed by atoms with Crippen molar-refractivity contribution in [2.24, 2.45) is 0 Å². The third-order valence-electron chi connectivity index (χ3n) is 3.49. The molecule has 0 radical (unpaired) electrons. The molecule has 9 nitrogen and oxygen atoms in total. The number of amides is 2. The van der Waals surface area contributed by atoms with Crippen LogP contribution in [0.4, 0.5) is 11.4 Å². The number of hydrogen-bond donors (Lipinski definition) is 2. The summed E-state index contributed by atoms with van der Waals surface area (Å²) in [7, 11) is 1.34. The van der Waals surface area contributed by atoms with Crippen molar-refractivity contribution in [3.05, 3.63) is 58.1 Å². The van der Waals surface area contributed by atoms with Crippen LogP contribution in [0.5, 0.6) is 11.5 Å². The summed E-state index contributed by atoms with van der Waals surface area (Å²) in [6, 6.07) is 11.0. The van der Waals surface area contributed by atoms with Gasteiger partial charge < -0.3 is 20.1 Å². The van der Waals surface area contributed by atoms with Crippen LogP contribution in [0.1, 0.15) is 17.3 Å². The van der Waals surface area contributed by atoms with E-state index in [-0.39, 0.29) is 30.2 Å². The Bertz CT molecular complexity index is 838. The van der Waals surface area contributed by atoms with Crippen molar-refractivity contribution in [3.8, 4) is 11.5 Å². The Morgan fingerprint density at radius 2 is 1.85 bits per heavy atom. The molecule has 0 saturated carbocycles. The lowest BCUT2D eigenvalue weighted by atomic mass is 10.1. The summed E-state index contributed by atoms with van der Waals surface area (Å²) in [5, 5.41) is 16.3. The van der Waals surface area contributed by atoms with E-state index in [0.717, 1.165) is 6.07 Å². The van der Waals surface area contributed by atoms with E-state index in [1.165, 1.54) is 13.2 Å². The molecule has 2 aromatic rings. The van der Waals surface area contributed by atoms with Crippen molar-refractivity contribution in [3.63, 3.8) is 0 Å². The number of anilines is 1. The number of carbonyl (C=O) groups is 2. The van der Waals surface area contributed by atoms with Gasteiger partial charge in [0.25, 0.3) is 11.6 Å². The summed E-state index contributed by atoms with van der Waals surface area (Å²) in [5.74, 6) is -0.893. The molecular formula is C18H19N3O6. The van der Waals surface area contributed by atoms with E-state index >= 15 is 0 Å². The Kier molecular flexibility index (Phi) is 6.70. The quantitative estimate of drug-likeness (QED) is 0.541. The van der Waals surface area contributed by atoms with E-state index in [0.29, 0.717) is 5.69 Å². The first-order valence-electron chi connectivity index (χ1n) is 8.08.